The monoisotopic (exact) mass is 552 g/mol. The molecule has 0 fully saturated rings. The highest BCUT2D eigenvalue weighted by molar-refractivity contribution is 5.98. The van der Waals surface area contributed by atoms with E-state index in [0.717, 1.165) is 28.6 Å². The molecule has 0 aliphatic carbocycles. The third-order valence-corrected chi connectivity index (χ3v) is 7.20. The number of nitrogens with zero attached hydrogens (tertiary/aromatic N) is 3. The molecule has 0 aliphatic heterocycles. The SMILES string of the molecule is CCN(CCN(C=O)Cc1ccc2ccn(C(C)C)c2c1)C(=O)c1cc2cc(OC)ccc2[nH]1.Cc1ccccc1. The molecule has 1 N–H and O–H groups in total. The van der Waals surface area contributed by atoms with Gasteiger partial charge in [0.05, 0.1) is 7.11 Å². The van der Waals surface area contributed by atoms with Gasteiger partial charge >= 0.3 is 0 Å². The van der Waals surface area contributed by atoms with Gasteiger partial charge in [0, 0.05) is 54.8 Å². The van der Waals surface area contributed by atoms with E-state index in [1.165, 1.54) is 16.5 Å². The maximum Gasteiger partial charge on any atom is 0.270 e. The van der Waals surface area contributed by atoms with E-state index in [0.29, 0.717) is 37.9 Å². The van der Waals surface area contributed by atoms with Gasteiger partial charge in [-0.1, -0.05) is 48.0 Å². The van der Waals surface area contributed by atoms with E-state index in [9.17, 15) is 9.59 Å². The molecule has 41 heavy (non-hydrogen) atoms. The second-order valence-corrected chi connectivity index (χ2v) is 10.5. The highest BCUT2D eigenvalue weighted by atomic mass is 16.5. The number of nitrogens with one attached hydrogen (secondary N) is 1. The second kappa shape index (κ2) is 13.7. The third kappa shape index (κ3) is 7.37. The highest BCUT2D eigenvalue weighted by Gasteiger charge is 2.18. The first-order valence-electron chi connectivity index (χ1n) is 14.1. The Bertz CT molecular complexity index is 1590. The number of fused-ring (bicyclic) bond motifs is 2. The van der Waals surface area contributed by atoms with Crippen molar-refractivity contribution in [3.63, 3.8) is 0 Å². The zero-order valence-corrected chi connectivity index (χ0v) is 24.6. The molecule has 0 bridgehead atoms. The van der Waals surface area contributed by atoms with Crippen LogP contribution in [-0.4, -0.2) is 58.4 Å². The van der Waals surface area contributed by atoms with E-state index in [4.69, 9.17) is 4.74 Å². The standard InChI is InChI=1S/C27H32N4O3.C7H8/c1-5-30(27(33)25-16-22-15-23(34-4)8-9-24(22)28-25)13-12-29(18-32)17-20-6-7-21-10-11-31(19(2)3)26(21)14-20;1-7-5-3-2-4-6-7/h6-11,14-16,18-19,28H,5,12-13,17H2,1-4H3;2-6H,1H3. The topological polar surface area (TPSA) is 70.6 Å². The molecule has 0 saturated carbocycles. The molecule has 0 spiro atoms. The van der Waals surface area contributed by atoms with Gasteiger partial charge in [0.15, 0.2) is 0 Å². The van der Waals surface area contributed by atoms with Crippen LogP contribution in [0.1, 0.15) is 48.4 Å². The fraction of sp³-hybridized carbons (Fsp3) is 0.294. The van der Waals surface area contributed by atoms with Crippen LogP contribution in [0, 0.1) is 6.92 Å². The van der Waals surface area contributed by atoms with E-state index in [1.807, 2.05) is 49.4 Å². The summed E-state index contributed by atoms with van der Waals surface area (Å²) in [4.78, 5) is 31.6. The average molecular weight is 553 g/mol. The molecule has 7 nitrogen and oxygen atoms in total. The van der Waals surface area contributed by atoms with Crippen molar-refractivity contribution in [2.24, 2.45) is 0 Å². The van der Waals surface area contributed by atoms with Gasteiger partial charge in [-0.2, -0.15) is 0 Å². The minimum absolute atomic E-state index is 0.0836. The van der Waals surface area contributed by atoms with Gasteiger partial charge in [-0.05, 0) is 75.0 Å². The molecule has 2 heterocycles. The van der Waals surface area contributed by atoms with Gasteiger partial charge in [0.25, 0.3) is 5.91 Å². The van der Waals surface area contributed by atoms with Crippen molar-refractivity contribution in [3.05, 3.63) is 102 Å². The summed E-state index contributed by atoms with van der Waals surface area (Å²) < 4.78 is 7.51. The molecular formula is C34H40N4O3. The van der Waals surface area contributed by atoms with Crippen molar-refractivity contribution >= 4 is 34.1 Å². The molecule has 7 heteroatoms. The number of rotatable bonds is 10. The molecular weight excluding hydrogens is 512 g/mol. The molecule has 2 aromatic heterocycles. The molecule has 5 aromatic rings. The van der Waals surface area contributed by atoms with Gasteiger partial charge in [0.2, 0.25) is 6.41 Å². The van der Waals surface area contributed by atoms with Gasteiger partial charge in [0.1, 0.15) is 11.4 Å². The Morgan fingerprint density at radius 3 is 2.39 bits per heavy atom. The van der Waals surface area contributed by atoms with Crippen LogP contribution in [-0.2, 0) is 11.3 Å². The van der Waals surface area contributed by atoms with Crippen molar-refractivity contribution in [1.82, 2.24) is 19.4 Å². The summed E-state index contributed by atoms with van der Waals surface area (Å²) in [6.45, 7) is 10.3. The molecule has 3 aromatic carbocycles. The summed E-state index contributed by atoms with van der Waals surface area (Å²) in [5.41, 5.74) is 4.97. The lowest BCUT2D eigenvalue weighted by atomic mass is 10.1. The maximum atomic E-state index is 13.1. The summed E-state index contributed by atoms with van der Waals surface area (Å²) in [6.07, 6.45) is 2.96. The van der Waals surface area contributed by atoms with Gasteiger partial charge in [-0.15, -0.1) is 0 Å². The Hall–Kier alpha value is -4.52. The summed E-state index contributed by atoms with van der Waals surface area (Å²) >= 11 is 0. The summed E-state index contributed by atoms with van der Waals surface area (Å²) in [5, 5.41) is 2.11. The quantitative estimate of drug-likeness (QED) is 0.193. The smallest absolute Gasteiger partial charge is 0.270 e. The van der Waals surface area contributed by atoms with Gasteiger partial charge in [-0.25, -0.2) is 0 Å². The van der Waals surface area contributed by atoms with Crippen LogP contribution in [0.4, 0.5) is 0 Å². The number of carbonyl (C=O) groups excluding carboxylic acids is 2. The first-order chi connectivity index (χ1) is 19.8. The normalized spacial score (nSPS) is 10.9. The molecule has 0 atom stereocenters. The van der Waals surface area contributed by atoms with E-state index in [-0.39, 0.29) is 5.91 Å². The fourth-order valence-corrected chi connectivity index (χ4v) is 4.86. The van der Waals surface area contributed by atoms with Gasteiger partial charge in [-0.3, -0.25) is 9.59 Å². The van der Waals surface area contributed by atoms with Crippen LogP contribution in [0.25, 0.3) is 21.8 Å². The third-order valence-electron chi connectivity index (χ3n) is 7.20. The van der Waals surface area contributed by atoms with Crippen molar-refractivity contribution in [3.8, 4) is 5.75 Å². The number of carbonyl (C=O) groups is 2. The number of aromatic nitrogens is 2. The summed E-state index contributed by atoms with van der Waals surface area (Å²) in [6, 6.07) is 26.6. The van der Waals surface area contributed by atoms with Crippen LogP contribution < -0.4 is 4.74 Å². The van der Waals surface area contributed by atoms with E-state index < -0.39 is 0 Å². The predicted octanol–water partition coefficient (Wildman–Crippen LogP) is 6.83. The Balaban J connectivity index is 0.000000483. The predicted molar refractivity (Wildman–Crippen MR) is 166 cm³/mol. The molecule has 0 aliphatic rings. The molecule has 0 saturated heterocycles. The van der Waals surface area contributed by atoms with Crippen LogP contribution in [0.15, 0.2) is 85.1 Å². The molecule has 214 valence electrons. The fourth-order valence-electron chi connectivity index (χ4n) is 4.86. The Labute approximate surface area is 242 Å². The lowest BCUT2D eigenvalue weighted by Gasteiger charge is -2.24. The van der Waals surface area contributed by atoms with Crippen molar-refractivity contribution in [1.29, 1.82) is 0 Å². The van der Waals surface area contributed by atoms with E-state index >= 15 is 0 Å². The average Bonchev–Trinajstić information content (AvgIpc) is 3.61. The summed E-state index contributed by atoms with van der Waals surface area (Å²) in [7, 11) is 1.62. The second-order valence-electron chi connectivity index (χ2n) is 10.5. The van der Waals surface area contributed by atoms with Crippen LogP contribution in [0.3, 0.4) is 0 Å². The number of likely N-dealkylation sites (N-methyl/N-ethyl adjacent to an activating group) is 1. The maximum absolute atomic E-state index is 13.1. The van der Waals surface area contributed by atoms with Gasteiger partial charge < -0.3 is 24.1 Å². The zero-order valence-electron chi connectivity index (χ0n) is 24.6. The molecule has 0 radical (unpaired) electrons. The van der Waals surface area contributed by atoms with Crippen LogP contribution in [0.5, 0.6) is 5.75 Å². The van der Waals surface area contributed by atoms with Crippen molar-refractivity contribution in [2.75, 3.05) is 26.7 Å². The molecule has 5 rings (SSSR count). The minimum atomic E-state index is -0.0836. The lowest BCUT2D eigenvalue weighted by molar-refractivity contribution is -0.118. The number of aryl methyl sites for hydroxylation is 1. The number of hydrogen-bond acceptors (Lipinski definition) is 3. The Kier molecular flexibility index (Phi) is 9.85. The number of benzene rings is 3. The zero-order chi connectivity index (χ0) is 29.4. The lowest BCUT2D eigenvalue weighted by Crippen LogP contribution is -2.38. The number of hydrogen-bond donors (Lipinski definition) is 1. The number of methoxy groups -OCH3 is 1. The molecule has 0 unspecified atom stereocenters. The minimum Gasteiger partial charge on any atom is -0.497 e. The number of H-pyrrole nitrogens is 1. The first kappa shape index (κ1) is 29.5. The van der Waals surface area contributed by atoms with Crippen LogP contribution >= 0.6 is 0 Å². The highest BCUT2D eigenvalue weighted by Crippen LogP contribution is 2.23. The van der Waals surface area contributed by atoms with Crippen molar-refractivity contribution < 1.29 is 14.3 Å². The number of amides is 2. The summed E-state index contributed by atoms with van der Waals surface area (Å²) in [5.74, 6) is 0.665. The largest absolute Gasteiger partial charge is 0.497 e. The van der Waals surface area contributed by atoms with E-state index in [2.05, 4.69) is 72.9 Å². The Morgan fingerprint density at radius 1 is 0.976 bits per heavy atom. The number of ether oxygens (including phenoxy) is 1. The van der Waals surface area contributed by atoms with E-state index in [1.54, 1.807) is 16.9 Å². The Morgan fingerprint density at radius 2 is 1.76 bits per heavy atom. The van der Waals surface area contributed by atoms with Crippen molar-refractivity contribution in [2.45, 2.75) is 40.3 Å². The number of aromatic amines is 1. The molecule has 2 amide bonds. The first-order valence-corrected chi connectivity index (χ1v) is 14.1. The van der Waals surface area contributed by atoms with Crippen LogP contribution in [0.2, 0.25) is 0 Å².